The van der Waals surface area contributed by atoms with Crippen molar-refractivity contribution in [2.75, 3.05) is 11.5 Å². The molecule has 2 atom stereocenters. The number of ether oxygens (including phenoxy) is 1. The first-order valence-corrected chi connectivity index (χ1v) is 8.29. The van der Waals surface area contributed by atoms with Crippen LogP contribution in [-0.2, 0) is 9.84 Å². The van der Waals surface area contributed by atoms with Crippen molar-refractivity contribution in [2.45, 2.75) is 31.8 Å². The molecule has 0 saturated carbocycles. The minimum Gasteiger partial charge on any atom is -0.406 e. The van der Waals surface area contributed by atoms with E-state index in [1.54, 1.807) is 0 Å². The molecular formula is C13H16F3NO3S. The first kappa shape index (κ1) is 16.1. The molecule has 1 N–H and O–H groups in total. The van der Waals surface area contributed by atoms with Gasteiger partial charge in [0, 0.05) is 12.1 Å². The van der Waals surface area contributed by atoms with Crippen molar-refractivity contribution in [3.05, 3.63) is 29.8 Å². The van der Waals surface area contributed by atoms with Gasteiger partial charge < -0.3 is 10.1 Å². The molecule has 118 valence electrons. The van der Waals surface area contributed by atoms with Crippen LogP contribution in [0, 0.1) is 0 Å². The van der Waals surface area contributed by atoms with Crippen molar-refractivity contribution in [1.82, 2.24) is 5.32 Å². The number of rotatable bonds is 4. The normalized spacial score (nSPS) is 23.0. The number of hydrogen-bond donors (Lipinski definition) is 1. The van der Waals surface area contributed by atoms with Crippen molar-refractivity contribution < 1.29 is 26.3 Å². The lowest BCUT2D eigenvalue weighted by Crippen LogP contribution is -2.32. The van der Waals surface area contributed by atoms with Gasteiger partial charge in [-0.3, -0.25) is 0 Å². The summed E-state index contributed by atoms with van der Waals surface area (Å²) in [5, 5.41) is 3.18. The third-order valence-electron chi connectivity index (χ3n) is 3.33. The minimum atomic E-state index is -4.70. The van der Waals surface area contributed by atoms with Crippen LogP contribution in [0.3, 0.4) is 0 Å². The molecule has 8 heteroatoms. The summed E-state index contributed by atoms with van der Waals surface area (Å²) in [5.74, 6) is 0.00409. The van der Waals surface area contributed by atoms with Gasteiger partial charge in [-0.05, 0) is 31.0 Å². The van der Waals surface area contributed by atoms with Crippen molar-refractivity contribution in [3.8, 4) is 5.75 Å². The van der Waals surface area contributed by atoms with Gasteiger partial charge in [0.1, 0.15) is 5.75 Å². The fourth-order valence-corrected chi connectivity index (χ4v) is 4.02. The highest BCUT2D eigenvalue weighted by atomic mass is 32.2. The number of benzene rings is 1. The van der Waals surface area contributed by atoms with E-state index in [2.05, 4.69) is 10.1 Å². The summed E-state index contributed by atoms with van der Waals surface area (Å²) in [6.07, 6.45) is -4.15. The average Bonchev–Trinajstić information content (AvgIpc) is 2.67. The zero-order valence-electron chi connectivity index (χ0n) is 11.4. The zero-order chi connectivity index (χ0) is 15.7. The molecule has 1 heterocycles. The number of sulfone groups is 1. The van der Waals surface area contributed by atoms with E-state index in [0.29, 0.717) is 6.42 Å². The molecular weight excluding hydrogens is 307 g/mol. The maximum Gasteiger partial charge on any atom is 0.573 e. The highest BCUT2D eigenvalue weighted by Crippen LogP contribution is 2.25. The summed E-state index contributed by atoms with van der Waals surface area (Å²) >= 11 is 0. The molecule has 4 nitrogen and oxygen atoms in total. The second-order valence-electron chi connectivity index (χ2n) is 5.11. The van der Waals surface area contributed by atoms with Crippen LogP contribution < -0.4 is 10.1 Å². The Morgan fingerprint density at radius 3 is 2.38 bits per heavy atom. The molecule has 2 rings (SSSR count). The molecule has 1 aliphatic heterocycles. The smallest absolute Gasteiger partial charge is 0.406 e. The maximum atomic E-state index is 12.1. The molecule has 1 aromatic rings. The first-order chi connectivity index (χ1) is 9.65. The first-order valence-electron chi connectivity index (χ1n) is 6.47. The molecule has 0 aliphatic carbocycles. The SMILES string of the molecule is CC(NC1CCS(=O)(=O)C1)c1ccc(OC(F)(F)F)cc1. The predicted molar refractivity (Wildman–Crippen MR) is 71.7 cm³/mol. The van der Waals surface area contributed by atoms with Gasteiger partial charge in [0.2, 0.25) is 0 Å². The summed E-state index contributed by atoms with van der Waals surface area (Å²) in [4.78, 5) is 0. The van der Waals surface area contributed by atoms with Crippen LogP contribution in [-0.4, -0.2) is 32.3 Å². The predicted octanol–water partition coefficient (Wildman–Crippen LogP) is 2.42. The van der Waals surface area contributed by atoms with Gasteiger partial charge in [-0.1, -0.05) is 12.1 Å². The summed E-state index contributed by atoms with van der Waals surface area (Å²) in [6, 6.07) is 5.28. The molecule has 0 bridgehead atoms. The summed E-state index contributed by atoms with van der Waals surface area (Å²) in [5.41, 5.74) is 0.772. The Labute approximate surface area is 121 Å². The van der Waals surface area contributed by atoms with Crippen LogP contribution in [0.4, 0.5) is 13.2 Å². The summed E-state index contributed by atoms with van der Waals surface area (Å²) in [7, 11) is -2.96. The maximum absolute atomic E-state index is 12.1. The third-order valence-corrected chi connectivity index (χ3v) is 5.10. The molecule has 1 aromatic carbocycles. The topological polar surface area (TPSA) is 55.4 Å². The van der Waals surface area contributed by atoms with E-state index in [9.17, 15) is 21.6 Å². The highest BCUT2D eigenvalue weighted by molar-refractivity contribution is 7.91. The molecule has 0 aromatic heterocycles. The van der Waals surface area contributed by atoms with E-state index < -0.39 is 16.2 Å². The molecule has 1 aliphatic rings. The van der Waals surface area contributed by atoms with Crippen molar-refractivity contribution in [3.63, 3.8) is 0 Å². The molecule has 1 saturated heterocycles. The quantitative estimate of drug-likeness (QED) is 0.924. The summed E-state index contributed by atoms with van der Waals surface area (Å²) in [6.45, 7) is 1.84. The van der Waals surface area contributed by atoms with E-state index >= 15 is 0 Å². The van der Waals surface area contributed by atoms with E-state index in [4.69, 9.17) is 0 Å². The molecule has 21 heavy (non-hydrogen) atoms. The van der Waals surface area contributed by atoms with Gasteiger partial charge in [0.05, 0.1) is 11.5 Å². The molecule has 0 radical (unpaired) electrons. The Morgan fingerprint density at radius 2 is 1.90 bits per heavy atom. The van der Waals surface area contributed by atoms with E-state index in [1.807, 2.05) is 6.92 Å². The Hall–Kier alpha value is -1.28. The van der Waals surface area contributed by atoms with E-state index in [1.165, 1.54) is 24.3 Å². The largest absolute Gasteiger partial charge is 0.573 e. The van der Waals surface area contributed by atoms with Crippen LogP contribution in [0.25, 0.3) is 0 Å². The Bertz CT molecular complexity index is 584. The van der Waals surface area contributed by atoms with Crippen LogP contribution in [0.15, 0.2) is 24.3 Å². The average molecular weight is 323 g/mol. The lowest BCUT2D eigenvalue weighted by atomic mass is 10.1. The van der Waals surface area contributed by atoms with Gasteiger partial charge in [-0.2, -0.15) is 0 Å². The van der Waals surface area contributed by atoms with Crippen LogP contribution in [0.2, 0.25) is 0 Å². The molecule has 2 unspecified atom stereocenters. The fraction of sp³-hybridized carbons (Fsp3) is 0.538. The monoisotopic (exact) mass is 323 g/mol. The zero-order valence-corrected chi connectivity index (χ0v) is 12.2. The number of alkyl halides is 3. The fourth-order valence-electron chi connectivity index (χ4n) is 2.33. The minimum absolute atomic E-state index is 0.104. The third kappa shape index (κ3) is 4.89. The number of halogens is 3. The second-order valence-corrected chi connectivity index (χ2v) is 7.33. The number of nitrogens with one attached hydrogen (secondary N) is 1. The van der Waals surface area contributed by atoms with Gasteiger partial charge in [0.15, 0.2) is 9.84 Å². The standard InChI is InChI=1S/C13H16F3NO3S/c1-9(17-11-6-7-21(18,19)8-11)10-2-4-12(5-3-10)20-13(14,15)16/h2-5,9,11,17H,6-8H2,1H3. The van der Waals surface area contributed by atoms with Crippen molar-refractivity contribution >= 4 is 9.84 Å². The Balaban J connectivity index is 1.95. The Morgan fingerprint density at radius 1 is 1.29 bits per heavy atom. The van der Waals surface area contributed by atoms with Crippen LogP contribution in [0.5, 0.6) is 5.75 Å². The van der Waals surface area contributed by atoms with Gasteiger partial charge in [-0.25, -0.2) is 8.42 Å². The van der Waals surface area contributed by atoms with Crippen molar-refractivity contribution in [2.24, 2.45) is 0 Å². The molecule has 0 amide bonds. The molecule has 1 fully saturated rings. The second kappa shape index (κ2) is 5.84. The van der Waals surface area contributed by atoms with Crippen molar-refractivity contribution in [1.29, 1.82) is 0 Å². The lowest BCUT2D eigenvalue weighted by Gasteiger charge is -2.19. The van der Waals surface area contributed by atoms with E-state index in [-0.39, 0.29) is 29.3 Å². The Kier molecular flexibility index (Phi) is 4.48. The highest BCUT2D eigenvalue weighted by Gasteiger charge is 2.31. The lowest BCUT2D eigenvalue weighted by molar-refractivity contribution is -0.274. The van der Waals surface area contributed by atoms with Gasteiger partial charge in [0.25, 0.3) is 0 Å². The van der Waals surface area contributed by atoms with Gasteiger partial charge in [-0.15, -0.1) is 13.2 Å². The van der Waals surface area contributed by atoms with Gasteiger partial charge >= 0.3 is 6.36 Å². The number of hydrogen-bond acceptors (Lipinski definition) is 4. The van der Waals surface area contributed by atoms with Crippen LogP contribution in [0.1, 0.15) is 24.9 Å². The van der Waals surface area contributed by atoms with Crippen LogP contribution >= 0.6 is 0 Å². The molecule has 0 spiro atoms. The van der Waals surface area contributed by atoms with E-state index in [0.717, 1.165) is 5.56 Å². The summed E-state index contributed by atoms with van der Waals surface area (Å²) < 4.78 is 62.7.